The highest BCUT2D eigenvalue weighted by Gasteiger charge is 2.21. The summed E-state index contributed by atoms with van der Waals surface area (Å²) in [5.41, 5.74) is 3.46. The molecule has 0 fully saturated rings. The summed E-state index contributed by atoms with van der Waals surface area (Å²) in [5.74, 6) is 0.597. The summed E-state index contributed by atoms with van der Waals surface area (Å²) >= 11 is 0. The summed E-state index contributed by atoms with van der Waals surface area (Å²) < 4.78 is 34.1. The lowest BCUT2D eigenvalue weighted by Crippen LogP contribution is -2.29. The van der Waals surface area contributed by atoms with E-state index in [0.717, 1.165) is 36.6 Å². The van der Waals surface area contributed by atoms with Crippen molar-refractivity contribution in [2.45, 2.75) is 25.7 Å². The van der Waals surface area contributed by atoms with Gasteiger partial charge in [0.25, 0.3) is 10.0 Å². The minimum atomic E-state index is -3.69. The third-order valence-electron chi connectivity index (χ3n) is 4.92. The number of sulfonamides is 1. The quantitative estimate of drug-likeness (QED) is 0.820. The lowest BCUT2D eigenvalue weighted by molar-refractivity contribution is 0.310. The fraction of sp³-hybridized carbons (Fsp3) is 0.400. The molecule has 2 aromatic carbocycles. The van der Waals surface area contributed by atoms with Crippen LogP contribution >= 0.6 is 0 Å². The highest BCUT2D eigenvalue weighted by molar-refractivity contribution is 7.92. The topological polar surface area (TPSA) is 61.9 Å². The van der Waals surface area contributed by atoms with E-state index in [9.17, 15) is 8.42 Å². The van der Waals surface area contributed by atoms with Crippen molar-refractivity contribution in [2.24, 2.45) is 0 Å². The zero-order valence-electron chi connectivity index (χ0n) is 16.3. The van der Waals surface area contributed by atoms with Crippen molar-refractivity contribution in [1.82, 2.24) is 0 Å². The van der Waals surface area contributed by atoms with Crippen molar-refractivity contribution in [3.8, 4) is 5.75 Å². The molecule has 0 unspecified atom stereocenters. The number of nitrogens with zero attached hydrogens (tertiary/aromatic N) is 2. The number of hydrogen-bond donors (Lipinski definition) is 1. The molecular formula is C20H27N3O3S. The molecule has 2 aromatic rings. The second-order valence-corrected chi connectivity index (χ2v) is 8.36. The van der Waals surface area contributed by atoms with E-state index in [1.807, 2.05) is 32.2 Å². The van der Waals surface area contributed by atoms with Gasteiger partial charge in [0.2, 0.25) is 0 Å². The van der Waals surface area contributed by atoms with Crippen molar-refractivity contribution in [1.29, 1.82) is 0 Å². The molecule has 1 heterocycles. The SMILES string of the molecule is CCN(CC)c1ccc(NS(=O)(=O)c2ccc3c(c2)OCCN3C)c(C)c1. The summed E-state index contributed by atoms with van der Waals surface area (Å²) in [5, 5.41) is 0. The van der Waals surface area contributed by atoms with Gasteiger partial charge in [0.05, 0.1) is 22.8 Å². The summed E-state index contributed by atoms with van der Waals surface area (Å²) in [4.78, 5) is 4.48. The van der Waals surface area contributed by atoms with Gasteiger partial charge in [-0.25, -0.2) is 8.42 Å². The molecule has 0 bridgehead atoms. The molecule has 27 heavy (non-hydrogen) atoms. The molecule has 0 aromatic heterocycles. The van der Waals surface area contributed by atoms with Gasteiger partial charge in [-0.2, -0.15) is 0 Å². The molecule has 7 heteroatoms. The number of fused-ring (bicyclic) bond motifs is 1. The van der Waals surface area contributed by atoms with E-state index in [1.54, 1.807) is 18.2 Å². The average molecular weight is 390 g/mol. The van der Waals surface area contributed by atoms with Gasteiger partial charge in [0.1, 0.15) is 12.4 Å². The van der Waals surface area contributed by atoms with Crippen molar-refractivity contribution in [2.75, 3.05) is 47.8 Å². The summed E-state index contributed by atoms with van der Waals surface area (Å²) in [6.45, 7) is 9.27. The largest absolute Gasteiger partial charge is 0.490 e. The minimum Gasteiger partial charge on any atom is -0.490 e. The summed E-state index contributed by atoms with van der Waals surface area (Å²) in [6.07, 6.45) is 0. The van der Waals surface area contributed by atoms with E-state index >= 15 is 0 Å². The summed E-state index contributed by atoms with van der Waals surface area (Å²) in [7, 11) is -1.73. The molecule has 1 aliphatic heterocycles. The fourth-order valence-electron chi connectivity index (χ4n) is 3.26. The molecule has 1 N–H and O–H groups in total. The third-order valence-corrected chi connectivity index (χ3v) is 6.28. The Balaban J connectivity index is 1.87. The van der Waals surface area contributed by atoms with Crippen molar-refractivity contribution in [3.63, 3.8) is 0 Å². The van der Waals surface area contributed by atoms with Crippen LogP contribution in [0.3, 0.4) is 0 Å². The van der Waals surface area contributed by atoms with Crippen LogP contribution in [0.5, 0.6) is 5.75 Å². The lowest BCUT2D eigenvalue weighted by atomic mass is 10.1. The smallest absolute Gasteiger partial charge is 0.262 e. The van der Waals surface area contributed by atoms with Gasteiger partial charge in [-0.1, -0.05) is 0 Å². The highest BCUT2D eigenvalue weighted by atomic mass is 32.2. The van der Waals surface area contributed by atoms with E-state index in [4.69, 9.17) is 4.74 Å². The maximum Gasteiger partial charge on any atom is 0.262 e. The summed E-state index contributed by atoms with van der Waals surface area (Å²) in [6, 6.07) is 10.8. The van der Waals surface area contributed by atoms with E-state index in [1.165, 1.54) is 0 Å². The van der Waals surface area contributed by atoms with Crippen LogP contribution in [0.1, 0.15) is 19.4 Å². The number of rotatable bonds is 6. The van der Waals surface area contributed by atoms with Crippen molar-refractivity contribution in [3.05, 3.63) is 42.0 Å². The maximum atomic E-state index is 12.9. The van der Waals surface area contributed by atoms with Gasteiger partial charge in [0, 0.05) is 31.9 Å². The van der Waals surface area contributed by atoms with Crippen LogP contribution < -0.4 is 19.3 Å². The molecule has 0 spiro atoms. The van der Waals surface area contributed by atoms with Crippen LogP contribution in [0.25, 0.3) is 0 Å². The zero-order valence-corrected chi connectivity index (χ0v) is 17.1. The second kappa shape index (κ2) is 7.68. The molecule has 0 aliphatic carbocycles. The van der Waals surface area contributed by atoms with Gasteiger partial charge in [-0.05, 0) is 56.7 Å². The Kier molecular flexibility index (Phi) is 5.51. The van der Waals surface area contributed by atoms with Crippen LogP contribution in [0.4, 0.5) is 17.1 Å². The number of likely N-dealkylation sites (N-methyl/N-ethyl adjacent to an activating group) is 1. The van der Waals surface area contributed by atoms with Crippen molar-refractivity contribution < 1.29 is 13.2 Å². The predicted molar refractivity (Wildman–Crippen MR) is 111 cm³/mol. The van der Waals surface area contributed by atoms with Crippen LogP contribution in [-0.2, 0) is 10.0 Å². The molecule has 0 radical (unpaired) electrons. The molecular weight excluding hydrogens is 362 g/mol. The van der Waals surface area contributed by atoms with Crippen LogP contribution in [0, 0.1) is 6.92 Å². The van der Waals surface area contributed by atoms with E-state index < -0.39 is 10.0 Å². The Morgan fingerprint density at radius 1 is 1.15 bits per heavy atom. The average Bonchev–Trinajstić information content (AvgIpc) is 2.65. The molecule has 0 amide bonds. The Morgan fingerprint density at radius 3 is 2.56 bits per heavy atom. The number of ether oxygens (including phenoxy) is 1. The molecule has 3 rings (SSSR count). The first kappa shape index (κ1) is 19.4. The number of hydrogen-bond acceptors (Lipinski definition) is 5. The molecule has 0 saturated carbocycles. The minimum absolute atomic E-state index is 0.198. The predicted octanol–water partition coefficient (Wildman–Crippen LogP) is 3.47. The Hall–Kier alpha value is -2.41. The van der Waals surface area contributed by atoms with E-state index in [0.29, 0.717) is 18.0 Å². The molecule has 1 aliphatic rings. The maximum absolute atomic E-state index is 12.9. The first-order valence-electron chi connectivity index (χ1n) is 9.22. The van der Waals surface area contributed by atoms with Gasteiger partial charge < -0.3 is 14.5 Å². The lowest BCUT2D eigenvalue weighted by Gasteiger charge is -2.28. The number of benzene rings is 2. The molecule has 146 valence electrons. The van der Waals surface area contributed by atoms with Gasteiger partial charge in [-0.15, -0.1) is 0 Å². The second-order valence-electron chi connectivity index (χ2n) is 6.68. The van der Waals surface area contributed by atoms with E-state index in [2.05, 4.69) is 28.4 Å². The molecule has 6 nitrogen and oxygen atoms in total. The first-order valence-corrected chi connectivity index (χ1v) is 10.7. The van der Waals surface area contributed by atoms with Gasteiger partial charge >= 0.3 is 0 Å². The standard InChI is InChI=1S/C20H27N3O3S/c1-5-23(6-2)16-7-9-18(15(3)13-16)21-27(24,25)17-8-10-19-20(14-17)26-12-11-22(19)4/h7-10,13-14,21H,5-6,11-12H2,1-4H3. The Bertz CT molecular complexity index is 924. The number of anilines is 3. The Morgan fingerprint density at radius 2 is 1.89 bits per heavy atom. The monoisotopic (exact) mass is 389 g/mol. The van der Waals surface area contributed by atoms with Gasteiger partial charge in [-0.3, -0.25) is 4.72 Å². The van der Waals surface area contributed by atoms with Crippen molar-refractivity contribution >= 4 is 27.1 Å². The van der Waals surface area contributed by atoms with E-state index in [-0.39, 0.29) is 4.90 Å². The van der Waals surface area contributed by atoms with Crippen LogP contribution in [0.15, 0.2) is 41.3 Å². The van der Waals surface area contributed by atoms with Crippen LogP contribution in [-0.4, -0.2) is 41.7 Å². The Labute approximate surface area is 161 Å². The van der Waals surface area contributed by atoms with Crippen LogP contribution in [0.2, 0.25) is 0 Å². The third kappa shape index (κ3) is 3.98. The molecule has 0 saturated heterocycles. The number of nitrogens with one attached hydrogen (secondary N) is 1. The normalized spacial score (nSPS) is 13.7. The highest BCUT2D eigenvalue weighted by Crippen LogP contribution is 2.33. The number of aryl methyl sites for hydroxylation is 1. The first-order chi connectivity index (χ1) is 12.9. The fourth-order valence-corrected chi connectivity index (χ4v) is 4.40. The zero-order chi connectivity index (χ0) is 19.6. The van der Waals surface area contributed by atoms with Gasteiger partial charge in [0.15, 0.2) is 0 Å². The molecule has 0 atom stereocenters.